The SMILES string of the molecule is O=C(NCCO)C1CCCN1C(=O)Cc1cccs1. The van der Waals surface area contributed by atoms with E-state index in [-0.39, 0.29) is 31.0 Å². The molecule has 2 heterocycles. The van der Waals surface area contributed by atoms with E-state index in [9.17, 15) is 9.59 Å². The summed E-state index contributed by atoms with van der Waals surface area (Å²) in [6.45, 7) is 0.797. The summed E-state index contributed by atoms with van der Waals surface area (Å²) in [6, 6.07) is 3.47. The standard InChI is InChI=1S/C13H18N2O3S/c16-7-5-14-13(18)11-4-1-6-15(11)12(17)9-10-3-2-8-19-10/h2-3,8,11,16H,1,4-7,9H2,(H,14,18). The third-order valence-corrected chi connectivity index (χ3v) is 4.07. The highest BCUT2D eigenvalue weighted by atomic mass is 32.1. The summed E-state index contributed by atoms with van der Waals surface area (Å²) in [5.41, 5.74) is 0. The summed E-state index contributed by atoms with van der Waals surface area (Å²) in [6.07, 6.45) is 1.92. The minimum Gasteiger partial charge on any atom is -0.395 e. The Kier molecular flexibility index (Phi) is 4.93. The van der Waals surface area contributed by atoms with Crippen LogP contribution in [0.25, 0.3) is 0 Å². The number of carbonyl (C=O) groups excluding carboxylic acids is 2. The second-order valence-electron chi connectivity index (χ2n) is 4.52. The van der Waals surface area contributed by atoms with Crippen LogP contribution in [0.15, 0.2) is 17.5 Å². The van der Waals surface area contributed by atoms with Crippen LogP contribution in [-0.2, 0) is 16.0 Å². The highest BCUT2D eigenvalue weighted by Crippen LogP contribution is 2.20. The van der Waals surface area contributed by atoms with Gasteiger partial charge in [0.2, 0.25) is 11.8 Å². The minimum absolute atomic E-state index is 0.00379. The van der Waals surface area contributed by atoms with E-state index >= 15 is 0 Å². The molecule has 6 heteroatoms. The Morgan fingerprint density at radius 1 is 1.53 bits per heavy atom. The number of nitrogens with zero attached hydrogens (tertiary/aromatic N) is 1. The van der Waals surface area contributed by atoms with Crippen LogP contribution in [0.4, 0.5) is 0 Å². The van der Waals surface area contributed by atoms with Crippen molar-refractivity contribution in [2.45, 2.75) is 25.3 Å². The van der Waals surface area contributed by atoms with Gasteiger partial charge in [-0.05, 0) is 24.3 Å². The number of carbonyl (C=O) groups is 2. The summed E-state index contributed by atoms with van der Waals surface area (Å²) in [5.74, 6) is -0.157. The minimum atomic E-state index is -0.376. The molecule has 5 nitrogen and oxygen atoms in total. The number of aliphatic hydroxyl groups is 1. The van der Waals surface area contributed by atoms with Crippen molar-refractivity contribution in [3.63, 3.8) is 0 Å². The molecule has 1 fully saturated rings. The van der Waals surface area contributed by atoms with Gasteiger partial charge in [-0.25, -0.2) is 0 Å². The van der Waals surface area contributed by atoms with E-state index in [2.05, 4.69) is 5.32 Å². The maximum atomic E-state index is 12.2. The van der Waals surface area contributed by atoms with Crippen LogP contribution in [0.2, 0.25) is 0 Å². The molecule has 0 radical (unpaired) electrons. The Hall–Kier alpha value is -1.40. The summed E-state index contributed by atoms with van der Waals surface area (Å²) < 4.78 is 0. The Balaban J connectivity index is 1.94. The lowest BCUT2D eigenvalue weighted by molar-refractivity contribution is -0.137. The van der Waals surface area contributed by atoms with Crippen molar-refractivity contribution in [1.82, 2.24) is 10.2 Å². The second kappa shape index (κ2) is 6.68. The molecule has 1 saturated heterocycles. The molecule has 1 atom stereocenters. The second-order valence-corrected chi connectivity index (χ2v) is 5.55. The fraction of sp³-hybridized carbons (Fsp3) is 0.538. The van der Waals surface area contributed by atoms with Crippen molar-refractivity contribution in [3.05, 3.63) is 22.4 Å². The topological polar surface area (TPSA) is 69.6 Å². The van der Waals surface area contributed by atoms with Crippen molar-refractivity contribution in [2.75, 3.05) is 19.7 Å². The number of hydrogen-bond acceptors (Lipinski definition) is 4. The first kappa shape index (κ1) is 14.0. The first-order valence-corrected chi connectivity index (χ1v) is 7.30. The van der Waals surface area contributed by atoms with Gasteiger partial charge in [0.1, 0.15) is 6.04 Å². The molecule has 0 aromatic carbocycles. The van der Waals surface area contributed by atoms with Crippen LogP contribution in [-0.4, -0.2) is 47.6 Å². The molecular formula is C13H18N2O3S. The lowest BCUT2D eigenvalue weighted by atomic mass is 10.2. The van der Waals surface area contributed by atoms with Gasteiger partial charge in [0.25, 0.3) is 0 Å². The van der Waals surface area contributed by atoms with Gasteiger partial charge in [-0.3, -0.25) is 9.59 Å². The summed E-state index contributed by atoms with van der Waals surface area (Å²) in [4.78, 5) is 26.8. The van der Waals surface area contributed by atoms with E-state index in [1.54, 1.807) is 16.2 Å². The predicted octanol–water partition coefficient (Wildman–Crippen LogP) is 0.390. The number of nitrogens with one attached hydrogen (secondary N) is 1. The third kappa shape index (κ3) is 3.54. The first-order chi connectivity index (χ1) is 9.22. The van der Waals surface area contributed by atoms with Gasteiger partial charge in [0, 0.05) is 18.0 Å². The van der Waals surface area contributed by atoms with Crippen molar-refractivity contribution >= 4 is 23.2 Å². The molecule has 2 amide bonds. The number of rotatable bonds is 5. The van der Waals surface area contributed by atoms with Crippen molar-refractivity contribution in [1.29, 1.82) is 0 Å². The van der Waals surface area contributed by atoms with Gasteiger partial charge in [0.15, 0.2) is 0 Å². The van der Waals surface area contributed by atoms with Gasteiger partial charge >= 0.3 is 0 Å². The molecule has 1 unspecified atom stereocenters. The number of amides is 2. The molecule has 2 rings (SSSR count). The number of aliphatic hydroxyl groups excluding tert-OH is 1. The highest BCUT2D eigenvalue weighted by molar-refractivity contribution is 7.10. The molecule has 1 aliphatic rings. The van der Waals surface area contributed by atoms with E-state index in [0.29, 0.717) is 19.4 Å². The zero-order valence-electron chi connectivity index (χ0n) is 10.7. The quantitative estimate of drug-likeness (QED) is 0.821. The van der Waals surface area contributed by atoms with Gasteiger partial charge in [0.05, 0.1) is 13.0 Å². The van der Waals surface area contributed by atoms with Crippen molar-refractivity contribution in [2.24, 2.45) is 0 Å². The van der Waals surface area contributed by atoms with Crippen LogP contribution in [0.5, 0.6) is 0 Å². The zero-order chi connectivity index (χ0) is 13.7. The zero-order valence-corrected chi connectivity index (χ0v) is 11.5. The molecular weight excluding hydrogens is 264 g/mol. The largest absolute Gasteiger partial charge is 0.395 e. The monoisotopic (exact) mass is 282 g/mol. The maximum absolute atomic E-state index is 12.2. The Morgan fingerprint density at radius 2 is 2.37 bits per heavy atom. The number of likely N-dealkylation sites (tertiary alicyclic amines) is 1. The molecule has 1 aromatic heterocycles. The van der Waals surface area contributed by atoms with Crippen LogP contribution in [0.3, 0.4) is 0 Å². The molecule has 1 aromatic rings. The molecule has 1 aliphatic heterocycles. The lowest BCUT2D eigenvalue weighted by Crippen LogP contribution is -2.46. The van der Waals surface area contributed by atoms with Gasteiger partial charge < -0.3 is 15.3 Å². The molecule has 104 valence electrons. The average molecular weight is 282 g/mol. The maximum Gasteiger partial charge on any atom is 0.242 e. The molecule has 0 bridgehead atoms. The van der Waals surface area contributed by atoms with E-state index in [4.69, 9.17) is 5.11 Å². The smallest absolute Gasteiger partial charge is 0.242 e. The number of thiophene rings is 1. The lowest BCUT2D eigenvalue weighted by Gasteiger charge is -2.23. The summed E-state index contributed by atoms with van der Waals surface area (Å²) >= 11 is 1.55. The van der Waals surface area contributed by atoms with Crippen LogP contribution < -0.4 is 5.32 Å². The predicted molar refractivity (Wildman–Crippen MR) is 72.9 cm³/mol. The van der Waals surface area contributed by atoms with Crippen LogP contribution in [0, 0.1) is 0 Å². The van der Waals surface area contributed by atoms with Crippen molar-refractivity contribution in [3.8, 4) is 0 Å². The molecule has 0 aliphatic carbocycles. The Morgan fingerprint density at radius 3 is 3.05 bits per heavy atom. The molecule has 0 spiro atoms. The van der Waals surface area contributed by atoms with Crippen molar-refractivity contribution < 1.29 is 14.7 Å². The fourth-order valence-corrected chi connectivity index (χ4v) is 2.99. The normalized spacial score (nSPS) is 18.6. The fourth-order valence-electron chi connectivity index (χ4n) is 2.30. The molecule has 19 heavy (non-hydrogen) atoms. The van der Waals surface area contributed by atoms with Gasteiger partial charge in [-0.2, -0.15) is 0 Å². The first-order valence-electron chi connectivity index (χ1n) is 6.43. The van der Waals surface area contributed by atoms with E-state index in [1.165, 1.54) is 0 Å². The van der Waals surface area contributed by atoms with E-state index in [1.807, 2.05) is 17.5 Å². The summed E-state index contributed by atoms with van der Waals surface area (Å²) in [7, 11) is 0. The Bertz CT molecular complexity index is 433. The van der Waals surface area contributed by atoms with E-state index < -0.39 is 0 Å². The molecule has 2 N–H and O–H groups in total. The van der Waals surface area contributed by atoms with Gasteiger partial charge in [-0.15, -0.1) is 11.3 Å². The van der Waals surface area contributed by atoms with Gasteiger partial charge in [-0.1, -0.05) is 6.07 Å². The molecule has 0 saturated carbocycles. The van der Waals surface area contributed by atoms with E-state index in [0.717, 1.165) is 11.3 Å². The number of hydrogen-bond donors (Lipinski definition) is 2. The third-order valence-electron chi connectivity index (χ3n) is 3.19. The summed E-state index contributed by atoms with van der Waals surface area (Å²) in [5, 5.41) is 13.3. The Labute approximate surface area is 116 Å². The van der Waals surface area contributed by atoms with Crippen LogP contribution >= 0.6 is 11.3 Å². The van der Waals surface area contributed by atoms with Crippen LogP contribution in [0.1, 0.15) is 17.7 Å². The highest BCUT2D eigenvalue weighted by Gasteiger charge is 2.33. The average Bonchev–Trinajstić information content (AvgIpc) is 3.05.